The van der Waals surface area contributed by atoms with Gasteiger partial charge in [-0.1, -0.05) is 6.92 Å². The van der Waals surface area contributed by atoms with Crippen LogP contribution in [0.5, 0.6) is 0 Å². The van der Waals surface area contributed by atoms with Crippen molar-refractivity contribution >= 4 is 0 Å². The number of rotatable bonds is 2. The molecule has 2 aliphatic heterocycles. The van der Waals surface area contributed by atoms with Crippen molar-refractivity contribution < 1.29 is 0 Å². The lowest BCUT2D eigenvalue weighted by atomic mass is 9.98. The molecule has 0 aromatic rings. The summed E-state index contributed by atoms with van der Waals surface area (Å²) in [6.07, 6.45) is 2.67. The summed E-state index contributed by atoms with van der Waals surface area (Å²) in [6, 6.07) is 1.68. The van der Waals surface area contributed by atoms with Gasteiger partial charge in [0.2, 0.25) is 0 Å². The van der Waals surface area contributed by atoms with Crippen LogP contribution in [0.4, 0.5) is 0 Å². The minimum absolute atomic E-state index is 0.417. The number of likely N-dealkylation sites (N-methyl/N-ethyl adjacent to an activating group) is 1. The lowest BCUT2D eigenvalue weighted by molar-refractivity contribution is 0.0538. The Morgan fingerprint density at radius 1 is 1.23 bits per heavy atom. The normalized spacial score (nSPS) is 36.0. The number of hydrogen-bond donors (Lipinski definition) is 0. The third kappa shape index (κ3) is 1.40. The molecule has 0 aromatic heterocycles. The van der Waals surface area contributed by atoms with E-state index in [0.29, 0.717) is 5.54 Å². The third-order valence-electron chi connectivity index (χ3n) is 4.16. The van der Waals surface area contributed by atoms with Gasteiger partial charge in [-0.3, -0.25) is 4.90 Å². The molecule has 76 valence electrons. The first-order valence-electron chi connectivity index (χ1n) is 5.51. The topological polar surface area (TPSA) is 6.48 Å². The molecule has 0 saturated carbocycles. The van der Waals surface area contributed by atoms with Crippen molar-refractivity contribution in [3.8, 4) is 0 Å². The molecule has 0 amide bonds. The predicted molar refractivity (Wildman–Crippen MR) is 55.9 cm³/mol. The Morgan fingerprint density at radius 2 is 1.92 bits per heavy atom. The van der Waals surface area contributed by atoms with E-state index in [1.807, 2.05) is 0 Å². The number of fused-ring (bicyclic) bond motifs is 2. The van der Waals surface area contributed by atoms with Crippen LogP contribution < -0.4 is 0 Å². The maximum absolute atomic E-state index is 2.72. The van der Waals surface area contributed by atoms with Gasteiger partial charge in [-0.15, -0.1) is 0 Å². The van der Waals surface area contributed by atoms with E-state index < -0.39 is 0 Å². The van der Waals surface area contributed by atoms with Crippen LogP contribution in [0.2, 0.25) is 0 Å². The highest BCUT2D eigenvalue weighted by Crippen LogP contribution is 2.35. The second-order valence-corrected chi connectivity index (χ2v) is 5.30. The summed E-state index contributed by atoms with van der Waals surface area (Å²) in [5, 5.41) is 0. The van der Waals surface area contributed by atoms with Crippen LogP contribution in [0.25, 0.3) is 0 Å². The molecule has 2 saturated heterocycles. The maximum Gasteiger partial charge on any atom is 0.0244 e. The molecule has 0 aliphatic carbocycles. The van der Waals surface area contributed by atoms with Gasteiger partial charge in [0.25, 0.3) is 0 Å². The molecular formula is C11H22N2. The monoisotopic (exact) mass is 182 g/mol. The zero-order chi connectivity index (χ0) is 9.64. The molecule has 0 N–H and O–H groups in total. The van der Waals surface area contributed by atoms with Gasteiger partial charge in [-0.05, 0) is 33.7 Å². The second kappa shape index (κ2) is 2.96. The third-order valence-corrected chi connectivity index (χ3v) is 4.16. The molecule has 2 fully saturated rings. The molecule has 2 nitrogen and oxygen atoms in total. The first kappa shape index (κ1) is 9.47. The summed E-state index contributed by atoms with van der Waals surface area (Å²) < 4.78 is 0. The van der Waals surface area contributed by atoms with Crippen molar-refractivity contribution in [3.63, 3.8) is 0 Å². The molecule has 2 bridgehead atoms. The zero-order valence-corrected chi connectivity index (χ0v) is 9.38. The molecule has 0 aromatic carbocycles. The fourth-order valence-corrected chi connectivity index (χ4v) is 2.81. The van der Waals surface area contributed by atoms with Gasteiger partial charge >= 0.3 is 0 Å². The molecule has 2 atom stereocenters. The van der Waals surface area contributed by atoms with E-state index in [9.17, 15) is 0 Å². The predicted octanol–water partition coefficient (Wildman–Crippen LogP) is 1.56. The quantitative estimate of drug-likeness (QED) is 0.639. The molecular weight excluding hydrogens is 160 g/mol. The van der Waals surface area contributed by atoms with Gasteiger partial charge in [-0.2, -0.15) is 0 Å². The summed E-state index contributed by atoms with van der Waals surface area (Å²) in [4.78, 5) is 5.24. The van der Waals surface area contributed by atoms with Crippen molar-refractivity contribution in [2.24, 2.45) is 0 Å². The van der Waals surface area contributed by atoms with Gasteiger partial charge in [0, 0.05) is 30.7 Å². The standard InChI is InChI=1S/C11H22N2/c1-5-11(2,3)13-8-9-6-10(13)7-12(9)4/h9-10H,5-8H2,1-4H3/t9-,10-/m0/s1. The lowest BCUT2D eigenvalue weighted by Crippen LogP contribution is -2.53. The molecule has 2 heterocycles. The van der Waals surface area contributed by atoms with Crippen molar-refractivity contribution in [2.45, 2.75) is 51.2 Å². The van der Waals surface area contributed by atoms with Crippen molar-refractivity contribution in [2.75, 3.05) is 20.1 Å². The van der Waals surface area contributed by atoms with E-state index in [2.05, 4.69) is 37.6 Å². The Labute approximate surface area is 81.9 Å². The molecule has 2 rings (SSSR count). The fraction of sp³-hybridized carbons (Fsp3) is 1.00. The van der Waals surface area contributed by atoms with Crippen LogP contribution in [-0.4, -0.2) is 47.6 Å². The summed E-state index contributed by atoms with van der Waals surface area (Å²) in [7, 11) is 2.26. The number of piperazine rings is 1. The fourth-order valence-electron chi connectivity index (χ4n) is 2.81. The van der Waals surface area contributed by atoms with Crippen LogP contribution in [0.1, 0.15) is 33.6 Å². The Morgan fingerprint density at radius 3 is 2.31 bits per heavy atom. The minimum Gasteiger partial charge on any atom is -0.301 e. The first-order chi connectivity index (χ1) is 6.04. The van der Waals surface area contributed by atoms with Crippen LogP contribution in [-0.2, 0) is 0 Å². The lowest BCUT2D eigenvalue weighted by Gasteiger charge is -2.42. The van der Waals surface area contributed by atoms with E-state index in [4.69, 9.17) is 0 Å². The van der Waals surface area contributed by atoms with Gasteiger partial charge in [0.15, 0.2) is 0 Å². The van der Waals surface area contributed by atoms with Crippen LogP contribution in [0, 0.1) is 0 Å². The zero-order valence-electron chi connectivity index (χ0n) is 9.38. The average molecular weight is 182 g/mol. The van der Waals surface area contributed by atoms with Gasteiger partial charge < -0.3 is 4.90 Å². The molecule has 13 heavy (non-hydrogen) atoms. The Bertz CT molecular complexity index is 198. The summed E-state index contributed by atoms with van der Waals surface area (Å²) >= 11 is 0. The van der Waals surface area contributed by atoms with E-state index >= 15 is 0 Å². The van der Waals surface area contributed by atoms with Crippen LogP contribution >= 0.6 is 0 Å². The highest BCUT2D eigenvalue weighted by molar-refractivity contribution is 5.02. The summed E-state index contributed by atoms with van der Waals surface area (Å²) in [5.74, 6) is 0. The number of nitrogens with zero attached hydrogens (tertiary/aromatic N) is 2. The van der Waals surface area contributed by atoms with Gasteiger partial charge in [0.1, 0.15) is 0 Å². The Kier molecular flexibility index (Phi) is 2.16. The number of hydrogen-bond acceptors (Lipinski definition) is 2. The highest BCUT2D eigenvalue weighted by atomic mass is 15.4. The summed E-state index contributed by atoms with van der Waals surface area (Å²) in [5.41, 5.74) is 0.417. The minimum atomic E-state index is 0.417. The first-order valence-corrected chi connectivity index (χ1v) is 5.51. The van der Waals surface area contributed by atoms with E-state index in [0.717, 1.165) is 12.1 Å². The molecule has 2 heteroatoms. The average Bonchev–Trinajstić information content (AvgIpc) is 2.62. The van der Waals surface area contributed by atoms with E-state index in [-0.39, 0.29) is 0 Å². The second-order valence-electron chi connectivity index (χ2n) is 5.30. The maximum atomic E-state index is 2.72. The van der Waals surface area contributed by atoms with E-state index in [1.54, 1.807) is 0 Å². The molecule has 0 radical (unpaired) electrons. The van der Waals surface area contributed by atoms with Crippen molar-refractivity contribution in [1.82, 2.24) is 9.80 Å². The Hall–Kier alpha value is -0.0800. The molecule has 0 unspecified atom stereocenters. The number of likely N-dealkylation sites (tertiary alicyclic amines) is 2. The Balaban J connectivity index is 2.06. The largest absolute Gasteiger partial charge is 0.301 e. The summed E-state index contributed by atoms with van der Waals surface area (Å²) in [6.45, 7) is 9.65. The SMILES string of the molecule is CCC(C)(C)N1C[C@@H]2C[C@H]1CN2C. The van der Waals surface area contributed by atoms with Crippen molar-refractivity contribution in [3.05, 3.63) is 0 Å². The highest BCUT2D eigenvalue weighted by Gasteiger charge is 2.45. The van der Waals surface area contributed by atoms with Crippen molar-refractivity contribution in [1.29, 1.82) is 0 Å². The molecule has 2 aliphatic rings. The van der Waals surface area contributed by atoms with Crippen LogP contribution in [0.15, 0.2) is 0 Å². The van der Waals surface area contributed by atoms with Crippen LogP contribution in [0.3, 0.4) is 0 Å². The van der Waals surface area contributed by atoms with E-state index in [1.165, 1.54) is 25.9 Å². The molecule has 0 spiro atoms. The smallest absolute Gasteiger partial charge is 0.0244 e. The van der Waals surface area contributed by atoms with Gasteiger partial charge in [0.05, 0.1) is 0 Å². The van der Waals surface area contributed by atoms with Gasteiger partial charge in [-0.25, -0.2) is 0 Å².